The number of hydrogen-bond donors (Lipinski definition) is 1. The number of ether oxygens (including phenoxy) is 1. The third-order valence-electron chi connectivity index (χ3n) is 2.30. The molecule has 5 nitrogen and oxygen atoms in total. The molecule has 2 atom stereocenters. The zero-order valence-corrected chi connectivity index (χ0v) is 8.78. The maximum absolute atomic E-state index is 9.01. The van der Waals surface area contributed by atoms with Gasteiger partial charge in [0.2, 0.25) is 5.13 Å². The topological polar surface area (TPSA) is 58.5 Å². The number of anilines is 1. The summed E-state index contributed by atoms with van der Waals surface area (Å²) in [6.45, 7) is 3.45. The van der Waals surface area contributed by atoms with Crippen molar-refractivity contribution in [3.63, 3.8) is 0 Å². The Bertz CT molecular complexity index is 280. The van der Waals surface area contributed by atoms with Gasteiger partial charge in [-0.25, -0.2) is 4.98 Å². The predicted molar refractivity (Wildman–Crippen MR) is 53.5 cm³/mol. The number of hydrogen-bond acceptors (Lipinski definition) is 6. The highest BCUT2D eigenvalue weighted by molar-refractivity contribution is 7.09. The summed E-state index contributed by atoms with van der Waals surface area (Å²) in [7, 11) is 0. The first kappa shape index (κ1) is 9.82. The highest BCUT2D eigenvalue weighted by atomic mass is 32.1. The second-order valence-electron chi connectivity index (χ2n) is 3.36. The normalized spacial score (nSPS) is 28.0. The number of aliphatic hydroxyl groups is 1. The number of rotatable bonds is 2. The fourth-order valence-electron chi connectivity index (χ4n) is 1.49. The van der Waals surface area contributed by atoms with E-state index in [0.29, 0.717) is 19.2 Å². The first-order valence-corrected chi connectivity index (χ1v) is 5.34. The van der Waals surface area contributed by atoms with Crippen LogP contribution in [0.5, 0.6) is 0 Å². The van der Waals surface area contributed by atoms with Gasteiger partial charge >= 0.3 is 0 Å². The molecule has 0 radical (unpaired) electrons. The largest absolute Gasteiger partial charge is 0.394 e. The Labute approximate surface area is 86.5 Å². The van der Waals surface area contributed by atoms with E-state index in [1.807, 2.05) is 0 Å². The zero-order valence-electron chi connectivity index (χ0n) is 7.96. The van der Waals surface area contributed by atoms with Crippen LogP contribution in [0.3, 0.4) is 0 Å². The molecule has 2 rings (SSSR count). The van der Waals surface area contributed by atoms with E-state index in [-0.39, 0.29) is 12.7 Å². The van der Waals surface area contributed by atoms with Gasteiger partial charge in [-0.3, -0.25) is 0 Å². The summed E-state index contributed by atoms with van der Waals surface area (Å²) in [5.74, 6) is 0. The molecule has 0 amide bonds. The quantitative estimate of drug-likeness (QED) is 0.759. The van der Waals surface area contributed by atoms with Crippen LogP contribution in [-0.2, 0) is 4.74 Å². The number of aromatic nitrogens is 2. The van der Waals surface area contributed by atoms with E-state index in [1.165, 1.54) is 11.5 Å². The van der Waals surface area contributed by atoms with Crippen molar-refractivity contribution in [1.29, 1.82) is 0 Å². The van der Waals surface area contributed by atoms with Gasteiger partial charge in [0.25, 0.3) is 0 Å². The molecule has 2 heterocycles. The summed E-state index contributed by atoms with van der Waals surface area (Å²) in [6.07, 6.45) is 1.45. The van der Waals surface area contributed by atoms with Gasteiger partial charge in [0.15, 0.2) is 0 Å². The maximum atomic E-state index is 9.01. The molecule has 0 saturated carbocycles. The fourth-order valence-corrected chi connectivity index (χ4v) is 2.13. The van der Waals surface area contributed by atoms with Crippen molar-refractivity contribution >= 4 is 16.7 Å². The molecule has 2 unspecified atom stereocenters. The Balaban J connectivity index is 2.09. The summed E-state index contributed by atoms with van der Waals surface area (Å²) in [4.78, 5) is 6.28. The molecule has 6 heteroatoms. The first-order valence-electron chi connectivity index (χ1n) is 4.57. The van der Waals surface area contributed by atoms with Crippen molar-refractivity contribution in [2.75, 3.05) is 24.7 Å². The van der Waals surface area contributed by atoms with Gasteiger partial charge in [-0.15, -0.1) is 0 Å². The minimum Gasteiger partial charge on any atom is -0.394 e. The standard InChI is InChI=1S/C8H13N3O2S/c1-6-4-13-7(3-12)2-11(6)8-9-5-10-14-8/h5-7,12H,2-4H2,1H3. The lowest BCUT2D eigenvalue weighted by atomic mass is 10.2. The molecule has 0 aromatic carbocycles. The van der Waals surface area contributed by atoms with Crippen molar-refractivity contribution in [3.8, 4) is 0 Å². The molecule has 1 aromatic rings. The molecule has 1 aliphatic rings. The molecule has 1 N–H and O–H groups in total. The average Bonchev–Trinajstić information content (AvgIpc) is 2.71. The van der Waals surface area contributed by atoms with Gasteiger partial charge in [-0.1, -0.05) is 0 Å². The summed E-state index contributed by atoms with van der Waals surface area (Å²) in [6, 6.07) is 0.297. The lowest BCUT2D eigenvalue weighted by Gasteiger charge is -2.36. The predicted octanol–water partition coefficient (Wildman–Crippen LogP) is 0.124. The van der Waals surface area contributed by atoms with Gasteiger partial charge in [0.05, 0.1) is 25.4 Å². The monoisotopic (exact) mass is 215 g/mol. The molecule has 1 saturated heterocycles. The van der Waals surface area contributed by atoms with E-state index in [4.69, 9.17) is 9.84 Å². The summed E-state index contributed by atoms with van der Waals surface area (Å²) >= 11 is 1.37. The third kappa shape index (κ3) is 1.87. The molecule has 1 aromatic heterocycles. The summed E-state index contributed by atoms with van der Waals surface area (Å²) in [5, 5.41) is 9.91. The SMILES string of the molecule is CC1COC(CO)CN1c1ncns1. The molecule has 0 bridgehead atoms. The van der Waals surface area contributed by atoms with Crippen LogP contribution in [0.2, 0.25) is 0 Å². The Morgan fingerprint density at radius 1 is 1.79 bits per heavy atom. The second-order valence-corrected chi connectivity index (χ2v) is 4.12. The summed E-state index contributed by atoms with van der Waals surface area (Å²) in [5.41, 5.74) is 0. The van der Waals surface area contributed by atoms with Gasteiger partial charge in [-0.05, 0) is 6.92 Å². The van der Waals surface area contributed by atoms with E-state index in [1.54, 1.807) is 6.33 Å². The Kier molecular flexibility index (Phi) is 2.95. The minimum atomic E-state index is -0.102. The Morgan fingerprint density at radius 3 is 3.29 bits per heavy atom. The molecular weight excluding hydrogens is 202 g/mol. The van der Waals surface area contributed by atoms with Crippen LogP contribution < -0.4 is 4.90 Å². The van der Waals surface area contributed by atoms with Crippen LogP contribution in [0.15, 0.2) is 6.33 Å². The lowest BCUT2D eigenvalue weighted by molar-refractivity contribution is -0.0103. The van der Waals surface area contributed by atoms with Crippen LogP contribution in [-0.4, -0.2) is 46.4 Å². The fraction of sp³-hybridized carbons (Fsp3) is 0.750. The minimum absolute atomic E-state index is 0.0576. The average molecular weight is 215 g/mol. The van der Waals surface area contributed by atoms with Crippen LogP contribution in [0.4, 0.5) is 5.13 Å². The van der Waals surface area contributed by atoms with Crippen molar-refractivity contribution in [3.05, 3.63) is 6.33 Å². The highest BCUT2D eigenvalue weighted by Crippen LogP contribution is 2.21. The number of nitrogens with zero attached hydrogens (tertiary/aromatic N) is 3. The van der Waals surface area contributed by atoms with E-state index >= 15 is 0 Å². The van der Waals surface area contributed by atoms with Crippen molar-refractivity contribution < 1.29 is 9.84 Å². The Morgan fingerprint density at radius 2 is 2.64 bits per heavy atom. The van der Waals surface area contributed by atoms with Crippen LogP contribution in [0.1, 0.15) is 6.92 Å². The zero-order chi connectivity index (χ0) is 9.97. The second kappa shape index (κ2) is 4.20. The molecule has 78 valence electrons. The van der Waals surface area contributed by atoms with E-state index in [9.17, 15) is 0 Å². The molecule has 0 spiro atoms. The van der Waals surface area contributed by atoms with Crippen LogP contribution in [0, 0.1) is 0 Å². The number of morpholine rings is 1. The third-order valence-corrected chi connectivity index (χ3v) is 3.01. The molecule has 14 heavy (non-hydrogen) atoms. The Hall–Kier alpha value is -0.720. The first-order chi connectivity index (χ1) is 6.81. The van der Waals surface area contributed by atoms with E-state index in [0.717, 1.165) is 5.13 Å². The van der Waals surface area contributed by atoms with Crippen molar-refractivity contribution in [1.82, 2.24) is 9.36 Å². The van der Waals surface area contributed by atoms with Gasteiger partial charge < -0.3 is 14.7 Å². The molecule has 0 aliphatic carbocycles. The van der Waals surface area contributed by atoms with E-state index in [2.05, 4.69) is 21.2 Å². The van der Waals surface area contributed by atoms with Gasteiger partial charge in [0, 0.05) is 18.1 Å². The maximum Gasteiger partial charge on any atom is 0.205 e. The lowest BCUT2D eigenvalue weighted by Crippen LogP contribution is -2.49. The van der Waals surface area contributed by atoms with Crippen molar-refractivity contribution in [2.24, 2.45) is 0 Å². The smallest absolute Gasteiger partial charge is 0.205 e. The van der Waals surface area contributed by atoms with Gasteiger partial charge in [0.1, 0.15) is 6.33 Å². The summed E-state index contributed by atoms with van der Waals surface area (Å²) < 4.78 is 9.40. The molecular formula is C8H13N3O2S. The van der Waals surface area contributed by atoms with E-state index < -0.39 is 0 Å². The van der Waals surface area contributed by atoms with Crippen LogP contribution >= 0.6 is 11.5 Å². The van der Waals surface area contributed by atoms with Crippen molar-refractivity contribution in [2.45, 2.75) is 19.1 Å². The molecule has 1 aliphatic heterocycles. The highest BCUT2D eigenvalue weighted by Gasteiger charge is 2.27. The number of aliphatic hydroxyl groups excluding tert-OH is 1. The van der Waals surface area contributed by atoms with Gasteiger partial charge in [-0.2, -0.15) is 4.37 Å². The van der Waals surface area contributed by atoms with Crippen LogP contribution in [0.25, 0.3) is 0 Å². The molecule has 1 fully saturated rings.